The first kappa shape index (κ1) is 14.8. The van der Waals surface area contributed by atoms with E-state index in [1.54, 1.807) is 30.3 Å². The Balaban J connectivity index is 1.81. The lowest BCUT2D eigenvalue weighted by atomic mass is 10.1. The lowest BCUT2D eigenvalue weighted by molar-refractivity contribution is -0.114. The molecule has 0 unspecified atom stereocenters. The number of rotatable bonds is 3. The molecule has 1 aromatic heterocycles. The van der Waals surface area contributed by atoms with Crippen molar-refractivity contribution in [2.75, 3.05) is 10.6 Å². The van der Waals surface area contributed by atoms with E-state index in [1.165, 1.54) is 6.92 Å². The van der Waals surface area contributed by atoms with Gasteiger partial charge in [0.2, 0.25) is 5.91 Å². The monoisotopic (exact) mass is 307 g/mol. The van der Waals surface area contributed by atoms with Gasteiger partial charge in [0.1, 0.15) is 0 Å². The van der Waals surface area contributed by atoms with Crippen LogP contribution in [0.4, 0.5) is 11.4 Å². The largest absolute Gasteiger partial charge is 0.351 e. The predicted octanol–water partition coefficient (Wildman–Crippen LogP) is 3.39. The number of carbonyl (C=O) groups is 2. The van der Waals surface area contributed by atoms with E-state index in [2.05, 4.69) is 10.6 Å². The maximum absolute atomic E-state index is 12.4. The fourth-order valence-electron chi connectivity index (χ4n) is 2.50. The fraction of sp³-hybridized carbons (Fsp3) is 0.111. The summed E-state index contributed by atoms with van der Waals surface area (Å²) in [6.45, 7) is 1.44. The van der Waals surface area contributed by atoms with Crippen LogP contribution < -0.4 is 10.6 Å². The summed E-state index contributed by atoms with van der Waals surface area (Å²) in [6, 6.07) is 14.6. The van der Waals surface area contributed by atoms with Crippen LogP contribution in [0.1, 0.15) is 17.3 Å². The lowest BCUT2D eigenvalue weighted by Crippen LogP contribution is -2.12. The molecular formula is C18H17N3O2. The van der Waals surface area contributed by atoms with Gasteiger partial charge in [-0.1, -0.05) is 6.07 Å². The molecule has 23 heavy (non-hydrogen) atoms. The first-order valence-corrected chi connectivity index (χ1v) is 7.27. The normalized spacial score (nSPS) is 10.5. The van der Waals surface area contributed by atoms with E-state index >= 15 is 0 Å². The van der Waals surface area contributed by atoms with E-state index in [4.69, 9.17) is 0 Å². The molecule has 2 aromatic carbocycles. The minimum absolute atomic E-state index is 0.150. The molecule has 0 saturated heterocycles. The molecule has 2 N–H and O–H groups in total. The molecule has 2 amide bonds. The second-order valence-corrected chi connectivity index (χ2v) is 5.42. The zero-order valence-corrected chi connectivity index (χ0v) is 13.0. The average molecular weight is 307 g/mol. The Labute approximate surface area is 133 Å². The van der Waals surface area contributed by atoms with Gasteiger partial charge in [-0.05, 0) is 42.5 Å². The number of benzene rings is 2. The molecule has 0 aliphatic rings. The van der Waals surface area contributed by atoms with E-state index in [0.717, 1.165) is 10.9 Å². The van der Waals surface area contributed by atoms with Gasteiger partial charge in [-0.15, -0.1) is 0 Å². The second kappa shape index (κ2) is 5.96. The molecule has 0 bridgehead atoms. The molecule has 0 aliphatic carbocycles. The van der Waals surface area contributed by atoms with Gasteiger partial charge < -0.3 is 15.2 Å². The van der Waals surface area contributed by atoms with Crippen LogP contribution in [0.5, 0.6) is 0 Å². The summed E-state index contributed by atoms with van der Waals surface area (Å²) < 4.78 is 2.01. The van der Waals surface area contributed by atoms with Crippen molar-refractivity contribution in [1.29, 1.82) is 0 Å². The molecule has 5 heteroatoms. The highest BCUT2D eigenvalue weighted by Gasteiger charge is 2.08. The van der Waals surface area contributed by atoms with Crippen LogP contribution in [0, 0.1) is 0 Å². The highest BCUT2D eigenvalue weighted by molar-refractivity contribution is 6.06. The summed E-state index contributed by atoms with van der Waals surface area (Å²) in [4.78, 5) is 23.5. The number of amides is 2. The molecule has 1 heterocycles. The molecule has 116 valence electrons. The maximum atomic E-state index is 12.4. The lowest BCUT2D eigenvalue weighted by Gasteiger charge is -2.08. The number of fused-ring (bicyclic) bond motifs is 1. The van der Waals surface area contributed by atoms with Gasteiger partial charge in [-0.3, -0.25) is 9.59 Å². The highest BCUT2D eigenvalue weighted by atomic mass is 16.2. The van der Waals surface area contributed by atoms with Crippen molar-refractivity contribution in [2.24, 2.45) is 7.05 Å². The molecule has 0 atom stereocenters. The summed E-state index contributed by atoms with van der Waals surface area (Å²) in [5.74, 6) is -0.335. The Bertz CT molecular complexity index is 896. The van der Waals surface area contributed by atoms with Crippen molar-refractivity contribution >= 4 is 34.1 Å². The van der Waals surface area contributed by atoms with Gasteiger partial charge in [0.05, 0.1) is 0 Å². The second-order valence-electron chi connectivity index (χ2n) is 5.42. The minimum Gasteiger partial charge on any atom is -0.351 e. The van der Waals surface area contributed by atoms with Gasteiger partial charge in [-0.2, -0.15) is 0 Å². The predicted molar refractivity (Wildman–Crippen MR) is 91.6 cm³/mol. The molecular weight excluding hydrogens is 290 g/mol. The van der Waals surface area contributed by atoms with Crippen molar-refractivity contribution in [3.05, 3.63) is 60.3 Å². The van der Waals surface area contributed by atoms with Gasteiger partial charge in [0.15, 0.2) is 0 Å². The Kier molecular flexibility index (Phi) is 3.85. The van der Waals surface area contributed by atoms with Gasteiger partial charge in [0.25, 0.3) is 5.91 Å². The van der Waals surface area contributed by atoms with Crippen LogP contribution in [0.3, 0.4) is 0 Å². The van der Waals surface area contributed by atoms with Crippen LogP contribution >= 0.6 is 0 Å². The molecule has 0 radical (unpaired) electrons. The Morgan fingerprint density at radius 2 is 1.70 bits per heavy atom. The molecule has 3 rings (SSSR count). The number of anilines is 2. The number of aromatic nitrogens is 1. The number of nitrogens with one attached hydrogen (secondary N) is 2. The molecule has 0 saturated carbocycles. The summed E-state index contributed by atoms with van der Waals surface area (Å²) in [7, 11) is 1.97. The molecule has 3 aromatic rings. The highest BCUT2D eigenvalue weighted by Crippen LogP contribution is 2.19. The van der Waals surface area contributed by atoms with Crippen molar-refractivity contribution in [2.45, 2.75) is 6.92 Å². The molecule has 0 spiro atoms. The van der Waals surface area contributed by atoms with Crippen LogP contribution in [-0.2, 0) is 11.8 Å². The molecule has 0 fully saturated rings. The van der Waals surface area contributed by atoms with Crippen LogP contribution in [0.2, 0.25) is 0 Å². The maximum Gasteiger partial charge on any atom is 0.255 e. The minimum atomic E-state index is -0.185. The summed E-state index contributed by atoms with van der Waals surface area (Å²) >= 11 is 0. The first-order chi connectivity index (χ1) is 11.0. The smallest absolute Gasteiger partial charge is 0.255 e. The van der Waals surface area contributed by atoms with Crippen molar-refractivity contribution < 1.29 is 9.59 Å². The van der Waals surface area contributed by atoms with E-state index in [-0.39, 0.29) is 11.8 Å². The quantitative estimate of drug-likeness (QED) is 0.779. The summed E-state index contributed by atoms with van der Waals surface area (Å²) in [5.41, 5.74) is 2.95. The van der Waals surface area contributed by atoms with E-state index in [9.17, 15) is 9.59 Å². The molecule has 5 nitrogen and oxygen atoms in total. The summed E-state index contributed by atoms with van der Waals surface area (Å²) in [6.07, 6.45) is 1.96. The number of hydrogen-bond acceptors (Lipinski definition) is 2. The zero-order valence-electron chi connectivity index (χ0n) is 13.0. The third-order valence-corrected chi connectivity index (χ3v) is 3.59. The van der Waals surface area contributed by atoms with Crippen molar-refractivity contribution in [3.8, 4) is 0 Å². The number of hydrogen-bond donors (Lipinski definition) is 2. The Hall–Kier alpha value is -3.08. The Morgan fingerprint density at radius 1 is 0.957 bits per heavy atom. The number of aryl methyl sites for hydroxylation is 1. The summed E-state index contributed by atoms with van der Waals surface area (Å²) in [5, 5.41) is 6.56. The third-order valence-electron chi connectivity index (χ3n) is 3.59. The first-order valence-electron chi connectivity index (χ1n) is 7.27. The molecule has 0 aliphatic heterocycles. The zero-order chi connectivity index (χ0) is 16.4. The SMILES string of the molecule is CC(=O)Nc1cccc(NC(=O)c2ccc3c(ccn3C)c2)c1. The van der Waals surface area contributed by atoms with Gasteiger partial charge in [-0.25, -0.2) is 0 Å². The topological polar surface area (TPSA) is 63.1 Å². The Morgan fingerprint density at radius 3 is 2.43 bits per heavy atom. The van der Waals surface area contributed by atoms with E-state index < -0.39 is 0 Å². The van der Waals surface area contributed by atoms with Gasteiger partial charge >= 0.3 is 0 Å². The fourth-order valence-corrected chi connectivity index (χ4v) is 2.50. The van der Waals surface area contributed by atoms with Crippen molar-refractivity contribution in [1.82, 2.24) is 4.57 Å². The number of carbonyl (C=O) groups excluding carboxylic acids is 2. The van der Waals surface area contributed by atoms with E-state index in [1.807, 2.05) is 36.0 Å². The van der Waals surface area contributed by atoms with Crippen molar-refractivity contribution in [3.63, 3.8) is 0 Å². The standard InChI is InChI=1S/C18H17N3O2/c1-12(22)19-15-4-3-5-16(11-15)20-18(23)14-6-7-17-13(10-14)8-9-21(17)2/h3-11H,1-2H3,(H,19,22)(H,20,23). The average Bonchev–Trinajstić information content (AvgIpc) is 2.88. The van der Waals surface area contributed by atoms with Gasteiger partial charge in [0, 0.05) is 48.0 Å². The van der Waals surface area contributed by atoms with E-state index in [0.29, 0.717) is 16.9 Å². The van der Waals surface area contributed by atoms with Crippen LogP contribution in [0.15, 0.2) is 54.7 Å². The van der Waals surface area contributed by atoms with Crippen LogP contribution in [-0.4, -0.2) is 16.4 Å². The number of nitrogens with zero attached hydrogens (tertiary/aromatic N) is 1. The van der Waals surface area contributed by atoms with Crippen LogP contribution in [0.25, 0.3) is 10.9 Å². The third kappa shape index (κ3) is 3.23.